The molecule has 0 radical (unpaired) electrons. The van der Waals surface area contributed by atoms with E-state index in [1.165, 1.54) is 33.4 Å². The molecule has 1 aliphatic carbocycles. The highest BCUT2D eigenvalue weighted by atomic mass is 16.3. The highest BCUT2D eigenvalue weighted by molar-refractivity contribution is 5.55. The standard InChI is InChI=1S/C54H80O3/c1-32-30-54(21,31-36-28-43(52(15,16)17)47(57)44(29-36)53(18,19)20)38(23-35-26-41(50(9,10)11)46(56)42(27-35)51(12,13)14)33(2)37(32)22-34-24-39(48(3,4)5)45(55)40(25-34)49(6,7)8/h24-30,37,55-57H,22-23,31H2,1-21H3. The lowest BCUT2D eigenvalue weighted by Gasteiger charge is -2.41. The summed E-state index contributed by atoms with van der Waals surface area (Å²) in [6.45, 7) is 46.5. The van der Waals surface area contributed by atoms with Crippen LogP contribution < -0.4 is 0 Å². The van der Waals surface area contributed by atoms with Crippen molar-refractivity contribution in [1.29, 1.82) is 0 Å². The van der Waals surface area contributed by atoms with Crippen molar-refractivity contribution < 1.29 is 15.3 Å². The van der Waals surface area contributed by atoms with Crippen molar-refractivity contribution in [2.75, 3.05) is 0 Å². The van der Waals surface area contributed by atoms with Crippen LogP contribution in [0.4, 0.5) is 0 Å². The van der Waals surface area contributed by atoms with E-state index in [4.69, 9.17) is 0 Å². The first-order chi connectivity index (χ1) is 25.5. The van der Waals surface area contributed by atoms with E-state index in [0.29, 0.717) is 17.2 Å². The fourth-order valence-corrected chi connectivity index (χ4v) is 9.20. The van der Waals surface area contributed by atoms with Crippen molar-refractivity contribution in [3.63, 3.8) is 0 Å². The Morgan fingerprint density at radius 3 is 1.04 bits per heavy atom. The van der Waals surface area contributed by atoms with Crippen LogP contribution in [0.3, 0.4) is 0 Å². The molecule has 4 rings (SSSR count). The molecule has 3 nitrogen and oxygen atoms in total. The summed E-state index contributed by atoms with van der Waals surface area (Å²) in [6, 6.07) is 13.5. The number of benzene rings is 3. The number of rotatable bonds is 6. The second-order valence-electron chi connectivity index (χ2n) is 24.2. The largest absolute Gasteiger partial charge is 0.507 e. The summed E-state index contributed by atoms with van der Waals surface area (Å²) in [6.07, 6.45) is 4.96. The third-order valence-corrected chi connectivity index (χ3v) is 12.5. The van der Waals surface area contributed by atoms with Gasteiger partial charge in [-0.15, -0.1) is 0 Å². The van der Waals surface area contributed by atoms with Gasteiger partial charge in [-0.3, -0.25) is 0 Å². The SMILES string of the molecule is CC1=CC(C)(Cc2cc(C(C)(C)C)c(O)c(C(C)(C)C)c2)C(Cc2cc(C(C)(C)C)c(O)c(C(C)(C)C)c2)=C(C)C1Cc1cc(C(C)(C)C)c(O)c(C(C)(C)C)c1. The smallest absolute Gasteiger partial charge is 0.123 e. The van der Waals surface area contributed by atoms with E-state index in [2.05, 4.69) is 188 Å². The second-order valence-corrected chi connectivity index (χ2v) is 24.2. The highest BCUT2D eigenvalue weighted by Gasteiger charge is 2.38. The van der Waals surface area contributed by atoms with Crippen LogP contribution in [0.5, 0.6) is 17.2 Å². The lowest BCUT2D eigenvalue weighted by atomic mass is 9.64. The van der Waals surface area contributed by atoms with Gasteiger partial charge in [-0.05, 0) is 116 Å². The minimum absolute atomic E-state index is 0.189. The van der Waals surface area contributed by atoms with Gasteiger partial charge < -0.3 is 15.3 Å². The molecule has 3 N–H and O–H groups in total. The van der Waals surface area contributed by atoms with Crippen molar-refractivity contribution in [2.45, 2.75) is 197 Å². The number of hydrogen-bond donors (Lipinski definition) is 3. The van der Waals surface area contributed by atoms with Crippen LogP contribution in [-0.4, -0.2) is 15.3 Å². The minimum Gasteiger partial charge on any atom is -0.507 e. The third kappa shape index (κ3) is 9.88. The molecule has 0 amide bonds. The fraction of sp³-hybridized carbons (Fsp3) is 0.593. The summed E-state index contributed by atoms with van der Waals surface area (Å²) in [5, 5.41) is 35.0. The maximum Gasteiger partial charge on any atom is 0.123 e. The van der Waals surface area contributed by atoms with E-state index in [0.717, 1.165) is 52.6 Å². The summed E-state index contributed by atoms with van der Waals surface area (Å²) >= 11 is 0. The summed E-state index contributed by atoms with van der Waals surface area (Å²) in [7, 11) is 0. The molecule has 0 bridgehead atoms. The van der Waals surface area contributed by atoms with Crippen LogP contribution in [0.15, 0.2) is 59.2 Å². The minimum atomic E-state index is -0.310. The Labute approximate surface area is 349 Å². The van der Waals surface area contributed by atoms with Gasteiger partial charge >= 0.3 is 0 Å². The van der Waals surface area contributed by atoms with Gasteiger partial charge in [0.05, 0.1) is 0 Å². The van der Waals surface area contributed by atoms with Gasteiger partial charge in [-0.2, -0.15) is 0 Å². The first-order valence-electron chi connectivity index (χ1n) is 21.5. The van der Waals surface area contributed by atoms with Gasteiger partial charge in [0.25, 0.3) is 0 Å². The quantitative estimate of drug-likeness (QED) is 0.219. The zero-order chi connectivity index (χ0) is 43.8. The van der Waals surface area contributed by atoms with E-state index in [1.54, 1.807) is 0 Å². The molecule has 3 aromatic rings. The molecule has 0 aromatic heterocycles. The Kier molecular flexibility index (Phi) is 12.1. The average Bonchev–Trinajstić information content (AvgIpc) is 3.00. The van der Waals surface area contributed by atoms with Crippen molar-refractivity contribution in [2.24, 2.45) is 11.3 Å². The molecule has 0 fully saturated rings. The van der Waals surface area contributed by atoms with Gasteiger partial charge in [0.2, 0.25) is 0 Å². The number of hydrogen-bond acceptors (Lipinski definition) is 3. The average molecular weight is 777 g/mol. The first kappa shape index (κ1) is 46.2. The third-order valence-electron chi connectivity index (χ3n) is 12.5. The lowest BCUT2D eigenvalue weighted by Crippen LogP contribution is -2.31. The molecule has 2 unspecified atom stereocenters. The molecule has 57 heavy (non-hydrogen) atoms. The Hall–Kier alpha value is -3.46. The zero-order valence-corrected chi connectivity index (χ0v) is 40.1. The van der Waals surface area contributed by atoms with Gasteiger partial charge in [0.15, 0.2) is 0 Å². The Bertz CT molecular complexity index is 1950. The zero-order valence-electron chi connectivity index (χ0n) is 40.1. The molecule has 0 heterocycles. The Balaban J connectivity index is 2.02. The van der Waals surface area contributed by atoms with E-state index < -0.39 is 0 Å². The molecular formula is C54H80O3. The van der Waals surface area contributed by atoms with Crippen LogP contribution in [0.2, 0.25) is 0 Å². The van der Waals surface area contributed by atoms with Crippen molar-refractivity contribution >= 4 is 0 Å². The maximum atomic E-state index is 11.7. The van der Waals surface area contributed by atoms with Crippen molar-refractivity contribution in [1.82, 2.24) is 0 Å². The molecule has 314 valence electrons. The maximum absolute atomic E-state index is 11.7. The van der Waals surface area contributed by atoms with Crippen molar-refractivity contribution in [3.05, 3.63) is 109 Å². The second kappa shape index (κ2) is 15.0. The molecule has 1 aliphatic rings. The molecule has 0 aliphatic heterocycles. The van der Waals surface area contributed by atoms with E-state index in [-0.39, 0.29) is 43.8 Å². The van der Waals surface area contributed by atoms with E-state index in [1.807, 2.05) is 0 Å². The number of phenols is 3. The summed E-state index contributed by atoms with van der Waals surface area (Å²) < 4.78 is 0. The lowest BCUT2D eigenvalue weighted by molar-refractivity contribution is 0.417. The topological polar surface area (TPSA) is 60.7 Å². The molecule has 3 heteroatoms. The monoisotopic (exact) mass is 777 g/mol. The first-order valence-corrected chi connectivity index (χ1v) is 21.5. The predicted molar refractivity (Wildman–Crippen MR) is 246 cm³/mol. The van der Waals surface area contributed by atoms with Gasteiger partial charge in [-0.1, -0.05) is 191 Å². The predicted octanol–water partition coefficient (Wildman–Crippen LogP) is 14.5. The van der Waals surface area contributed by atoms with Crippen LogP contribution in [0, 0.1) is 11.3 Å². The summed E-state index contributed by atoms with van der Waals surface area (Å²) in [5.41, 5.74) is 12.2. The van der Waals surface area contributed by atoms with Crippen LogP contribution in [0.25, 0.3) is 0 Å². The molecular weight excluding hydrogens is 697 g/mol. The molecule has 0 saturated heterocycles. The molecule has 0 saturated carbocycles. The summed E-state index contributed by atoms with van der Waals surface area (Å²) in [5.74, 6) is 1.44. The highest BCUT2D eigenvalue weighted by Crippen LogP contribution is 2.50. The number of phenolic OH excluding ortho intramolecular Hbond substituents is 3. The Morgan fingerprint density at radius 2 is 0.737 bits per heavy atom. The van der Waals surface area contributed by atoms with Crippen LogP contribution in [0.1, 0.15) is 195 Å². The van der Waals surface area contributed by atoms with Crippen molar-refractivity contribution in [3.8, 4) is 17.2 Å². The van der Waals surface area contributed by atoms with Gasteiger partial charge in [0, 0.05) is 11.3 Å². The molecule has 2 atom stereocenters. The van der Waals surface area contributed by atoms with Gasteiger partial charge in [-0.25, -0.2) is 0 Å². The van der Waals surface area contributed by atoms with Crippen LogP contribution >= 0.6 is 0 Å². The Morgan fingerprint density at radius 1 is 0.456 bits per heavy atom. The van der Waals surface area contributed by atoms with Gasteiger partial charge in [0.1, 0.15) is 17.2 Å². The summed E-state index contributed by atoms with van der Waals surface area (Å²) in [4.78, 5) is 0. The number of allylic oxidation sites excluding steroid dienone is 4. The fourth-order valence-electron chi connectivity index (χ4n) is 9.20. The van der Waals surface area contributed by atoms with E-state index in [9.17, 15) is 15.3 Å². The van der Waals surface area contributed by atoms with E-state index >= 15 is 0 Å². The van der Waals surface area contributed by atoms with Crippen LogP contribution in [-0.2, 0) is 51.8 Å². The number of aromatic hydroxyl groups is 3. The molecule has 3 aromatic carbocycles. The molecule has 0 spiro atoms. The normalized spacial score (nSPS) is 19.0.